The van der Waals surface area contributed by atoms with Crippen LogP contribution < -0.4 is 14.2 Å². The smallest absolute Gasteiger partial charge is 0.203 e. The number of carbonyl (C=O) groups is 1. The summed E-state index contributed by atoms with van der Waals surface area (Å²) in [7, 11) is 4.52. The normalized spacial score (nSPS) is 13.0. The Bertz CT molecular complexity index is 548. The molecule has 0 amide bonds. The number of ether oxygens (including phenoxy) is 3. The van der Waals surface area contributed by atoms with Gasteiger partial charge in [0, 0.05) is 12.0 Å². The van der Waals surface area contributed by atoms with E-state index in [9.17, 15) is 10.1 Å². The second-order valence-electron chi connectivity index (χ2n) is 4.70. The molecule has 5 nitrogen and oxygen atoms in total. The van der Waals surface area contributed by atoms with Crippen LogP contribution in [0.3, 0.4) is 0 Å². The number of nitriles is 1. The fraction of sp³-hybridized carbons (Fsp3) is 0.467. The lowest BCUT2D eigenvalue weighted by Gasteiger charge is -2.25. The first-order valence-corrected chi connectivity index (χ1v) is 6.13. The highest BCUT2D eigenvalue weighted by molar-refractivity contribution is 5.78. The van der Waals surface area contributed by atoms with Gasteiger partial charge in [0.15, 0.2) is 11.5 Å². The summed E-state index contributed by atoms with van der Waals surface area (Å²) in [6.07, 6.45) is 0.106. The Hall–Kier alpha value is -2.22. The van der Waals surface area contributed by atoms with Gasteiger partial charge in [0.1, 0.15) is 5.78 Å². The first kappa shape index (κ1) is 15.8. The van der Waals surface area contributed by atoms with Crippen molar-refractivity contribution in [2.24, 2.45) is 0 Å². The van der Waals surface area contributed by atoms with E-state index >= 15 is 0 Å². The Morgan fingerprint density at radius 3 is 2.20 bits per heavy atom. The van der Waals surface area contributed by atoms with Gasteiger partial charge in [0.05, 0.1) is 32.8 Å². The van der Waals surface area contributed by atoms with Gasteiger partial charge in [-0.3, -0.25) is 4.79 Å². The van der Waals surface area contributed by atoms with Gasteiger partial charge < -0.3 is 14.2 Å². The molecular weight excluding hydrogens is 258 g/mol. The van der Waals surface area contributed by atoms with Crippen LogP contribution >= 0.6 is 0 Å². The van der Waals surface area contributed by atoms with Gasteiger partial charge in [0.25, 0.3) is 0 Å². The summed E-state index contributed by atoms with van der Waals surface area (Å²) < 4.78 is 15.9. The van der Waals surface area contributed by atoms with Gasteiger partial charge in [-0.05, 0) is 26.0 Å². The third-order valence-corrected chi connectivity index (χ3v) is 3.15. The number of rotatable bonds is 6. The zero-order valence-electron chi connectivity index (χ0n) is 12.4. The van der Waals surface area contributed by atoms with Crippen molar-refractivity contribution in [3.8, 4) is 23.3 Å². The summed E-state index contributed by atoms with van der Waals surface area (Å²) in [4.78, 5) is 11.4. The molecule has 20 heavy (non-hydrogen) atoms. The fourth-order valence-corrected chi connectivity index (χ4v) is 2.23. The van der Waals surface area contributed by atoms with Crippen molar-refractivity contribution in [3.05, 3.63) is 17.7 Å². The molecule has 0 fully saturated rings. The number of Topliss-reactive ketones (excluding diaryl/α,β-unsaturated/α-hetero) is 1. The lowest BCUT2D eigenvalue weighted by Crippen LogP contribution is -2.24. The van der Waals surface area contributed by atoms with E-state index in [0.29, 0.717) is 22.8 Å². The number of nitrogens with zero attached hydrogens (tertiary/aromatic N) is 1. The van der Waals surface area contributed by atoms with Crippen LogP contribution in [0.15, 0.2) is 12.1 Å². The second-order valence-corrected chi connectivity index (χ2v) is 4.70. The third kappa shape index (κ3) is 2.85. The van der Waals surface area contributed by atoms with E-state index in [4.69, 9.17) is 14.2 Å². The molecule has 0 spiro atoms. The van der Waals surface area contributed by atoms with E-state index in [1.54, 1.807) is 19.1 Å². The molecule has 0 N–H and O–H groups in total. The van der Waals surface area contributed by atoms with Gasteiger partial charge >= 0.3 is 0 Å². The van der Waals surface area contributed by atoms with E-state index in [-0.39, 0.29) is 12.2 Å². The predicted octanol–water partition coefficient (Wildman–Crippen LogP) is 2.47. The van der Waals surface area contributed by atoms with Crippen molar-refractivity contribution in [1.29, 1.82) is 5.26 Å². The predicted molar refractivity (Wildman–Crippen MR) is 74.4 cm³/mol. The molecule has 0 aliphatic heterocycles. The van der Waals surface area contributed by atoms with E-state index in [1.807, 2.05) is 0 Å². The molecule has 0 aliphatic carbocycles. The Morgan fingerprint density at radius 1 is 1.20 bits per heavy atom. The summed E-state index contributed by atoms with van der Waals surface area (Å²) >= 11 is 0. The van der Waals surface area contributed by atoms with Crippen molar-refractivity contribution in [3.63, 3.8) is 0 Å². The van der Waals surface area contributed by atoms with Crippen LogP contribution in [0.25, 0.3) is 0 Å². The van der Waals surface area contributed by atoms with Crippen LogP contribution in [0.4, 0.5) is 0 Å². The van der Waals surface area contributed by atoms with Crippen LogP contribution in [0.1, 0.15) is 25.8 Å². The van der Waals surface area contributed by atoms with E-state index in [2.05, 4.69) is 6.07 Å². The summed E-state index contributed by atoms with van der Waals surface area (Å²) in [5.74, 6) is 1.27. The molecule has 1 aromatic carbocycles. The molecule has 108 valence electrons. The molecule has 0 saturated carbocycles. The molecular formula is C15H19NO4. The van der Waals surface area contributed by atoms with Crippen LogP contribution in [-0.2, 0) is 10.2 Å². The molecule has 1 atom stereocenters. The number of methoxy groups -OCH3 is 3. The van der Waals surface area contributed by atoms with Gasteiger partial charge in [-0.1, -0.05) is 0 Å². The average Bonchev–Trinajstić information content (AvgIpc) is 2.44. The van der Waals surface area contributed by atoms with Gasteiger partial charge in [-0.15, -0.1) is 0 Å². The number of benzene rings is 1. The summed E-state index contributed by atoms with van der Waals surface area (Å²) in [5, 5.41) is 9.47. The minimum absolute atomic E-state index is 0.0640. The van der Waals surface area contributed by atoms with Crippen LogP contribution in [0.2, 0.25) is 0 Å². The fourth-order valence-electron chi connectivity index (χ4n) is 2.23. The Morgan fingerprint density at radius 2 is 1.80 bits per heavy atom. The molecule has 0 radical (unpaired) electrons. The molecule has 1 unspecified atom stereocenters. The zero-order chi connectivity index (χ0) is 15.3. The third-order valence-electron chi connectivity index (χ3n) is 3.15. The van der Waals surface area contributed by atoms with E-state index in [1.165, 1.54) is 28.3 Å². The highest BCUT2D eigenvalue weighted by Crippen LogP contribution is 2.45. The molecule has 0 aromatic heterocycles. The Kier molecular flexibility index (Phi) is 4.98. The van der Waals surface area contributed by atoms with E-state index in [0.717, 1.165) is 0 Å². The maximum atomic E-state index is 11.4. The molecule has 5 heteroatoms. The van der Waals surface area contributed by atoms with Gasteiger partial charge in [0.2, 0.25) is 5.75 Å². The molecule has 1 rings (SSSR count). The maximum absolute atomic E-state index is 11.4. The highest BCUT2D eigenvalue weighted by atomic mass is 16.5. The minimum Gasteiger partial charge on any atom is -0.493 e. The monoisotopic (exact) mass is 277 g/mol. The second kappa shape index (κ2) is 6.29. The van der Waals surface area contributed by atoms with Gasteiger partial charge in [-0.2, -0.15) is 5.26 Å². The van der Waals surface area contributed by atoms with Crippen molar-refractivity contribution >= 4 is 5.78 Å². The standard InChI is InChI=1S/C15H19NO4/c1-10(17)8-15(2,9-16)11-6-7-12(18-3)14(20-5)13(11)19-4/h6-7H,8H2,1-5H3. The lowest BCUT2D eigenvalue weighted by molar-refractivity contribution is -0.117. The SMILES string of the molecule is COc1ccc(C(C)(C#N)CC(C)=O)c(OC)c1OC. The molecule has 0 aliphatic rings. The first-order chi connectivity index (χ1) is 9.43. The lowest BCUT2D eigenvalue weighted by atomic mass is 9.79. The topological polar surface area (TPSA) is 68.5 Å². The molecule has 0 heterocycles. The van der Waals surface area contributed by atoms with Crippen LogP contribution in [0.5, 0.6) is 17.2 Å². The minimum atomic E-state index is -0.975. The summed E-state index contributed by atoms with van der Waals surface area (Å²) in [6.45, 7) is 3.17. The van der Waals surface area contributed by atoms with Crippen molar-refractivity contribution in [1.82, 2.24) is 0 Å². The number of carbonyl (C=O) groups excluding carboxylic acids is 1. The van der Waals surface area contributed by atoms with Gasteiger partial charge in [-0.25, -0.2) is 0 Å². The van der Waals surface area contributed by atoms with E-state index < -0.39 is 5.41 Å². The zero-order valence-corrected chi connectivity index (χ0v) is 12.4. The Balaban J connectivity index is 3.52. The average molecular weight is 277 g/mol. The number of hydrogen-bond donors (Lipinski definition) is 0. The largest absolute Gasteiger partial charge is 0.493 e. The van der Waals surface area contributed by atoms with Crippen molar-refractivity contribution in [2.75, 3.05) is 21.3 Å². The summed E-state index contributed by atoms with van der Waals surface area (Å²) in [5.41, 5.74) is -0.369. The van der Waals surface area contributed by atoms with Crippen LogP contribution in [0, 0.1) is 11.3 Å². The summed E-state index contributed by atoms with van der Waals surface area (Å²) in [6, 6.07) is 5.62. The highest BCUT2D eigenvalue weighted by Gasteiger charge is 2.33. The maximum Gasteiger partial charge on any atom is 0.203 e. The molecule has 0 bridgehead atoms. The number of hydrogen-bond acceptors (Lipinski definition) is 5. The van der Waals surface area contributed by atoms with Crippen molar-refractivity contribution < 1.29 is 19.0 Å². The number of ketones is 1. The Labute approximate surface area is 119 Å². The molecule has 0 saturated heterocycles. The van der Waals surface area contributed by atoms with Crippen LogP contribution in [-0.4, -0.2) is 27.1 Å². The van der Waals surface area contributed by atoms with Crippen molar-refractivity contribution in [2.45, 2.75) is 25.7 Å². The quantitative estimate of drug-likeness (QED) is 0.799. The first-order valence-electron chi connectivity index (χ1n) is 6.13. The molecule has 1 aromatic rings.